The highest BCUT2D eigenvalue weighted by Gasteiger charge is 2.48. The van der Waals surface area contributed by atoms with E-state index in [9.17, 15) is 29.4 Å². The van der Waals surface area contributed by atoms with Gasteiger partial charge in [-0.05, 0) is 0 Å². The molecule has 3 rings (SSSR count). The van der Waals surface area contributed by atoms with Crippen LogP contribution < -0.4 is 24.9 Å². The number of aromatic amines is 3. The molecule has 0 bridgehead atoms. The van der Waals surface area contributed by atoms with E-state index in [0.29, 0.717) is 0 Å². The number of aliphatic hydroxyl groups is 2. The van der Waals surface area contributed by atoms with Crippen molar-refractivity contribution in [2.75, 3.05) is 6.61 Å². The summed E-state index contributed by atoms with van der Waals surface area (Å²) in [6.07, 6.45) is -2.65. The molecule has 23 heavy (non-hydrogen) atoms. The number of nitrogens with zero attached hydrogens (tertiary/aromatic N) is 1. The second kappa shape index (κ2) is 5.76. The fourth-order valence-corrected chi connectivity index (χ4v) is 2.75. The molecule has 0 amide bonds. The Morgan fingerprint density at radius 3 is 2.83 bits per heavy atom. The lowest BCUT2D eigenvalue weighted by Gasteiger charge is -2.30. The molecular formula is C10H13N4O8P. The first kappa shape index (κ1) is 16.2. The Labute approximate surface area is 127 Å². The Balaban J connectivity index is 1.87. The van der Waals surface area contributed by atoms with Crippen LogP contribution in [-0.4, -0.2) is 45.1 Å². The van der Waals surface area contributed by atoms with Crippen molar-refractivity contribution in [3.05, 3.63) is 23.0 Å². The molecule has 1 fully saturated rings. The molecule has 1 aliphatic rings. The zero-order valence-electron chi connectivity index (χ0n) is 11.4. The van der Waals surface area contributed by atoms with Crippen molar-refractivity contribution in [3.8, 4) is 0 Å². The molecule has 0 unspecified atom stereocenters. The lowest BCUT2D eigenvalue weighted by atomic mass is 10.1. The maximum atomic E-state index is 11.6. The van der Waals surface area contributed by atoms with Crippen LogP contribution in [0.5, 0.6) is 0 Å². The van der Waals surface area contributed by atoms with E-state index in [4.69, 9.17) is 4.74 Å². The quantitative estimate of drug-likeness (QED) is 0.313. The maximum Gasteiger partial charge on any atom is 0.392 e. The first-order valence-electron chi connectivity index (χ1n) is 6.48. The highest BCUT2D eigenvalue weighted by atomic mass is 31.2. The van der Waals surface area contributed by atoms with Gasteiger partial charge in [-0.3, -0.25) is 0 Å². The molecule has 0 saturated carbocycles. The van der Waals surface area contributed by atoms with Crippen molar-refractivity contribution < 1.29 is 43.4 Å². The molecule has 1 aliphatic heterocycles. The zero-order chi connectivity index (χ0) is 16.8. The summed E-state index contributed by atoms with van der Waals surface area (Å²) in [4.78, 5) is 40.5. The van der Waals surface area contributed by atoms with E-state index in [1.807, 2.05) is 0 Å². The number of hydrogen-bond acceptors (Lipinski definition) is 8. The van der Waals surface area contributed by atoms with Crippen molar-refractivity contribution >= 4 is 19.0 Å². The van der Waals surface area contributed by atoms with Crippen LogP contribution in [0, 0.1) is 0 Å². The standard InChI is InChI=1S/C10H13N4O8P/c15-6-4(1-21-23(18,19)20)22-10(7(6)16)14-3-13-5-8(14)11-2-12-9(5)17/h2-4,6-7,10,15-16H,1H2,(H3,11,12,17,18,19,20)/t4-,6-,7-,10-/m1/s1. The average molecular weight is 348 g/mol. The summed E-state index contributed by atoms with van der Waals surface area (Å²) in [6, 6.07) is 0. The number of phosphoric acid groups is 1. The number of nitrogens with one attached hydrogen (secondary N) is 3. The molecule has 2 aromatic rings. The van der Waals surface area contributed by atoms with Crippen molar-refractivity contribution in [2.45, 2.75) is 24.5 Å². The van der Waals surface area contributed by atoms with Crippen molar-refractivity contribution in [2.24, 2.45) is 0 Å². The maximum absolute atomic E-state index is 11.6. The van der Waals surface area contributed by atoms with E-state index in [-0.39, 0.29) is 11.2 Å². The summed E-state index contributed by atoms with van der Waals surface area (Å²) in [5.41, 5.74) is 0.0510. The Morgan fingerprint density at radius 2 is 2.13 bits per heavy atom. The third kappa shape index (κ3) is 3.05. The van der Waals surface area contributed by atoms with Crippen LogP contribution in [0.1, 0.15) is 6.23 Å². The van der Waals surface area contributed by atoms with Crippen molar-refractivity contribution in [1.82, 2.24) is 9.97 Å². The van der Waals surface area contributed by atoms with E-state index >= 15 is 0 Å². The average Bonchev–Trinajstić information content (AvgIpc) is 3.01. The molecular weight excluding hydrogens is 335 g/mol. The summed E-state index contributed by atoms with van der Waals surface area (Å²) >= 11 is 0. The van der Waals surface area contributed by atoms with Gasteiger partial charge in [-0.2, -0.15) is 14.5 Å². The van der Waals surface area contributed by atoms with E-state index in [2.05, 4.69) is 19.5 Å². The van der Waals surface area contributed by atoms with E-state index in [1.54, 1.807) is 0 Å². The predicted octanol–water partition coefficient (Wildman–Crippen LogP) is -4.58. The lowest BCUT2D eigenvalue weighted by Crippen LogP contribution is -2.47. The monoisotopic (exact) mass is 348 g/mol. The molecule has 0 spiro atoms. The van der Waals surface area contributed by atoms with Gasteiger partial charge in [0.05, 0.1) is 14.4 Å². The first-order valence-corrected chi connectivity index (χ1v) is 7.94. The lowest BCUT2D eigenvalue weighted by molar-refractivity contribution is -0.767. The number of H-pyrrole nitrogens is 3. The minimum absolute atomic E-state index is 0.182. The second-order valence-electron chi connectivity index (χ2n) is 4.96. The number of fused-ring (bicyclic) bond motifs is 1. The summed E-state index contributed by atoms with van der Waals surface area (Å²) < 4.78 is 21.3. The fraction of sp³-hybridized carbons (Fsp3) is 0.500. The molecule has 1 saturated heterocycles. The molecule has 126 valence electrons. The predicted molar refractivity (Wildman–Crippen MR) is 65.2 cm³/mol. The normalized spacial score (nSPS) is 28.5. The molecule has 0 aromatic carbocycles. The molecule has 4 atom stereocenters. The molecule has 0 aliphatic carbocycles. The van der Waals surface area contributed by atoms with Gasteiger partial charge in [0.25, 0.3) is 6.23 Å². The Kier molecular flexibility index (Phi) is 4.06. The van der Waals surface area contributed by atoms with Crippen LogP contribution in [0.25, 0.3) is 11.2 Å². The summed E-state index contributed by atoms with van der Waals surface area (Å²) in [5, 5.41) is 20.0. The number of ether oxygens (including phenoxy) is 1. The Bertz CT molecular complexity index is 815. The first-order chi connectivity index (χ1) is 10.8. The van der Waals surface area contributed by atoms with Gasteiger partial charge in [0, 0.05) is 0 Å². The topological polar surface area (TPSA) is 189 Å². The van der Waals surface area contributed by atoms with Crippen LogP contribution in [0.3, 0.4) is 0 Å². The number of phosphoric ester groups is 1. The number of aliphatic hydroxyl groups excluding tert-OH is 2. The number of imidazole rings is 1. The van der Waals surface area contributed by atoms with Crippen LogP contribution in [-0.2, 0) is 13.8 Å². The van der Waals surface area contributed by atoms with Gasteiger partial charge < -0.3 is 38.8 Å². The van der Waals surface area contributed by atoms with Gasteiger partial charge in [0.2, 0.25) is 5.52 Å². The van der Waals surface area contributed by atoms with Gasteiger partial charge in [0.15, 0.2) is 12.4 Å². The van der Waals surface area contributed by atoms with Gasteiger partial charge in [-0.25, -0.2) is 4.79 Å². The van der Waals surface area contributed by atoms with Crippen LogP contribution in [0.15, 0.2) is 17.4 Å². The van der Waals surface area contributed by atoms with Gasteiger partial charge in [0.1, 0.15) is 12.2 Å². The highest BCUT2D eigenvalue weighted by Crippen LogP contribution is 2.30. The number of rotatable bonds is 4. The fourth-order valence-electron chi connectivity index (χ4n) is 2.42. The van der Waals surface area contributed by atoms with Crippen LogP contribution >= 0.6 is 7.82 Å². The highest BCUT2D eigenvalue weighted by molar-refractivity contribution is 7.43. The van der Waals surface area contributed by atoms with Crippen LogP contribution in [0.4, 0.5) is 0 Å². The SMILES string of the molecule is O=c1[nH]c[nH+]c2c1[nH]c[n+]2[C@@H]1O[C@H](COP(=O)([O-])[O-])[C@@H](O)[C@H]1O. The minimum atomic E-state index is -5.23. The van der Waals surface area contributed by atoms with Crippen molar-refractivity contribution in [3.63, 3.8) is 0 Å². The number of hydrogen-bond donors (Lipinski definition) is 4. The van der Waals surface area contributed by atoms with Crippen LogP contribution in [0.2, 0.25) is 0 Å². The third-order valence-electron chi connectivity index (χ3n) is 3.49. The van der Waals surface area contributed by atoms with Gasteiger partial charge >= 0.3 is 17.5 Å². The minimum Gasteiger partial charge on any atom is -0.790 e. The summed E-state index contributed by atoms with van der Waals surface area (Å²) in [7, 11) is -5.23. The molecule has 0 radical (unpaired) electrons. The van der Waals surface area contributed by atoms with E-state index < -0.39 is 44.5 Å². The number of aromatic nitrogens is 4. The molecule has 3 heterocycles. The molecule has 5 N–H and O–H groups in total. The Morgan fingerprint density at radius 1 is 1.39 bits per heavy atom. The summed E-state index contributed by atoms with van der Waals surface area (Å²) in [6.45, 7) is -0.730. The zero-order valence-corrected chi connectivity index (χ0v) is 12.3. The summed E-state index contributed by atoms with van der Waals surface area (Å²) in [5.74, 6) is 0. The van der Waals surface area contributed by atoms with Gasteiger partial charge in [-0.15, -0.1) is 0 Å². The molecule has 2 aromatic heterocycles. The smallest absolute Gasteiger partial charge is 0.392 e. The molecule has 13 heteroatoms. The third-order valence-corrected chi connectivity index (χ3v) is 3.96. The molecule has 12 nitrogen and oxygen atoms in total. The Hall–Kier alpha value is -1.66. The van der Waals surface area contributed by atoms with E-state index in [0.717, 1.165) is 0 Å². The second-order valence-corrected chi connectivity index (χ2v) is 6.11. The van der Waals surface area contributed by atoms with Gasteiger partial charge in [-0.1, -0.05) is 0 Å². The van der Waals surface area contributed by atoms with E-state index in [1.165, 1.54) is 17.2 Å². The largest absolute Gasteiger partial charge is 0.790 e. The van der Waals surface area contributed by atoms with Crippen molar-refractivity contribution in [1.29, 1.82) is 0 Å².